The molecule has 0 unspecified atom stereocenters. The van der Waals surface area contributed by atoms with Gasteiger partial charge in [-0.1, -0.05) is 43.0 Å². The van der Waals surface area contributed by atoms with Gasteiger partial charge in [0.25, 0.3) is 0 Å². The van der Waals surface area contributed by atoms with Gasteiger partial charge in [-0.25, -0.2) is 4.98 Å². The highest BCUT2D eigenvalue weighted by atomic mass is 32.2. The number of aromatic nitrogens is 1. The van der Waals surface area contributed by atoms with Crippen LogP contribution in [-0.2, 0) is 13.0 Å². The second kappa shape index (κ2) is 6.50. The van der Waals surface area contributed by atoms with E-state index in [2.05, 4.69) is 65.9 Å². The van der Waals surface area contributed by atoms with Crippen LogP contribution < -0.4 is 5.32 Å². The monoisotopic (exact) mass is 314 g/mol. The van der Waals surface area contributed by atoms with Gasteiger partial charge in [0.05, 0.1) is 10.2 Å². The third-order valence-electron chi connectivity index (χ3n) is 3.47. The van der Waals surface area contributed by atoms with Crippen LogP contribution >= 0.6 is 23.1 Å². The SMILES string of the molecule is CCc1ccc(CNc2ccc3nc(SC)sc3c2)cc1. The fourth-order valence-corrected chi connectivity index (χ4v) is 3.73. The maximum absolute atomic E-state index is 4.56. The lowest BCUT2D eigenvalue weighted by Crippen LogP contribution is -1.99. The number of fused-ring (bicyclic) bond motifs is 1. The van der Waals surface area contributed by atoms with Crippen molar-refractivity contribution in [1.29, 1.82) is 0 Å². The van der Waals surface area contributed by atoms with Crippen LogP contribution in [0.15, 0.2) is 46.8 Å². The molecule has 0 aliphatic heterocycles. The van der Waals surface area contributed by atoms with Gasteiger partial charge >= 0.3 is 0 Å². The highest BCUT2D eigenvalue weighted by Crippen LogP contribution is 2.30. The van der Waals surface area contributed by atoms with Crippen LogP contribution in [0, 0.1) is 0 Å². The predicted molar refractivity (Wildman–Crippen MR) is 94.5 cm³/mol. The van der Waals surface area contributed by atoms with E-state index in [0.29, 0.717) is 0 Å². The van der Waals surface area contributed by atoms with E-state index >= 15 is 0 Å². The molecule has 0 saturated heterocycles. The Balaban J connectivity index is 1.71. The third-order valence-corrected chi connectivity index (χ3v) is 5.47. The van der Waals surface area contributed by atoms with E-state index < -0.39 is 0 Å². The van der Waals surface area contributed by atoms with Gasteiger partial charge in [-0.15, -0.1) is 11.3 Å². The van der Waals surface area contributed by atoms with Crippen molar-refractivity contribution in [2.24, 2.45) is 0 Å². The van der Waals surface area contributed by atoms with Crippen LogP contribution in [0.1, 0.15) is 18.1 Å². The smallest absolute Gasteiger partial charge is 0.150 e. The quantitative estimate of drug-likeness (QED) is 0.656. The summed E-state index contributed by atoms with van der Waals surface area (Å²) in [5, 5.41) is 3.49. The van der Waals surface area contributed by atoms with Crippen molar-refractivity contribution in [2.75, 3.05) is 11.6 Å². The summed E-state index contributed by atoms with van der Waals surface area (Å²) in [6.45, 7) is 3.03. The van der Waals surface area contributed by atoms with E-state index in [1.54, 1.807) is 23.1 Å². The van der Waals surface area contributed by atoms with Crippen LogP contribution in [0.5, 0.6) is 0 Å². The van der Waals surface area contributed by atoms with Crippen LogP contribution in [0.25, 0.3) is 10.2 Å². The number of benzene rings is 2. The molecule has 21 heavy (non-hydrogen) atoms. The molecular weight excluding hydrogens is 296 g/mol. The molecule has 0 atom stereocenters. The summed E-state index contributed by atoms with van der Waals surface area (Å²) in [6, 6.07) is 15.2. The maximum Gasteiger partial charge on any atom is 0.150 e. The largest absolute Gasteiger partial charge is 0.381 e. The predicted octanol–water partition coefficient (Wildman–Crippen LogP) is 5.19. The molecule has 3 rings (SSSR count). The zero-order valence-electron chi connectivity index (χ0n) is 12.2. The first kappa shape index (κ1) is 14.4. The molecule has 3 aromatic rings. The average Bonchev–Trinajstić information content (AvgIpc) is 2.95. The first-order chi connectivity index (χ1) is 10.3. The van der Waals surface area contributed by atoms with Crippen LogP contribution in [0.3, 0.4) is 0 Å². The summed E-state index contributed by atoms with van der Waals surface area (Å²) in [5.41, 5.74) is 4.93. The first-order valence-electron chi connectivity index (χ1n) is 7.05. The van der Waals surface area contributed by atoms with Crippen molar-refractivity contribution in [3.63, 3.8) is 0 Å². The van der Waals surface area contributed by atoms with Gasteiger partial charge < -0.3 is 5.32 Å². The molecule has 0 radical (unpaired) electrons. The minimum atomic E-state index is 0.851. The molecule has 0 bridgehead atoms. The Hall–Kier alpha value is -1.52. The van der Waals surface area contributed by atoms with E-state index in [-0.39, 0.29) is 0 Å². The van der Waals surface area contributed by atoms with Crippen molar-refractivity contribution in [2.45, 2.75) is 24.2 Å². The summed E-state index contributed by atoms with van der Waals surface area (Å²) >= 11 is 3.45. The van der Waals surface area contributed by atoms with Gasteiger partial charge in [-0.05, 0) is 42.0 Å². The molecule has 1 heterocycles. The summed E-state index contributed by atoms with van der Waals surface area (Å²) in [7, 11) is 0. The van der Waals surface area contributed by atoms with E-state index in [4.69, 9.17) is 0 Å². The Morgan fingerprint density at radius 1 is 1.10 bits per heavy atom. The normalized spacial score (nSPS) is 11.0. The zero-order valence-corrected chi connectivity index (χ0v) is 13.9. The summed E-state index contributed by atoms with van der Waals surface area (Å²) in [4.78, 5) is 4.56. The van der Waals surface area contributed by atoms with Gasteiger partial charge in [-0.3, -0.25) is 0 Å². The molecule has 0 saturated carbocycles. The molecule has 0 spiro atoms. The van der Waals surface area contributed by atoms with Gasteiger partial charge in [0.2, 0.25) is 0 Å². The Kier molecular flexibility index (Phi) is 4.46. The van der Waals surface area contributed by atoms with E-state index in [1.807, 2.05) is 0 Å². The van der Waals surface area contributed by atoms with Gasteiger partial charge in [0.1, 0.15) is 0 Å². The third kappa shape index (κ3) is 3.39. The number of nitrogens with zero attached hydrogens (tertiary/aromatic N) is 1. The maximum atomic E-state index is 4.56. The lowest BCUT2D eigenvalue weighted by molar-refractivity contribution is 1.11. The van der Waals surface area contributed by atoms with Crippen molar-refractivity contribution < 1.29 is 0 Å². The molecule has 2 aromatic carbocycles. The molecule has 4 heteroatoms. The standard InChI is InChI=1S/C17H18N2S2/c1-3-12-4-6-13(7-5-12)11-18-14-8-9-15-16(10-14)21-17(19-15)20-2/h4-10,18H,3,11H2,1-2H3. The van der Waals surface area contributed by atoms with Gasteiger partial charge in [0.15, 0.2) is 4.34 Å². The van der Waals surface area contributed by atoms with Crippen LogP contribution in [-0.4, -0.2) is 11.2 Å². The van der Waals surface area contributed by atoms with E-state index in [9.17, 15) is 0 Å². The Morgan fingerprint density at radius 2 is 1.86 bits per heavy atom. The summed E-state index contributed by atoms with van der Waals surface area (Å²) < 4.78 is 2.36. The Labute approximate surface area is 133 Å². The second-order valence-corrected chi connectivity index (χ2v) is 6.97. The molecule has 1 aromatic heterocycles. The molecular formula is C17H18N2S2. The lowest BCUT2D eigenvalue weighted by Gasteiger charge is -2.07. The zero-order chi connectivity index (χ0) is 14.7. The Morgan fingerprint density at radius 3 is 2.57 bits per heavy atom. The molecule has 2 nitrogen and oxygen atoms in total. The van der Waals surface area contributed by atoms with E-state index in [0.717, 1.165) is 28.5 Å². The van der Waals surface area contributed by atoms with Crippen LogP contribution in [0.2, 0.25) is 0 Å². The number of hydrogen-bond acceptors (Lipinski definition) is 4. The average molecular weight is 314 g/mol. The molecule has 0 fully saturated rings. The molecule has 0 aliphatic carbocycles. The number of rotatable bonds is 5. The van der Waals surface area contributed by atoms with Crippen molar-refractivity contribution >= 4 is 39.0 Å². The minimum absolute atomic E-state index is 0.851. The lowest BCUT2D eigenvalue weighted by atomic mass is 10.1. The van der Waals surface area contributed by atoms with Crippen LogP contribution in [0.4, 0.5) is 5.69 Å². The number of hydrogen-bond donors (Lipinski definition) is 1. The van der Waals surface area contributed by atoms with Crippen molar-refractivity contribution in [3.8, 4) is 0 Å². The summed E-state index contributed by atoms with van der Waals surface area (Å²) in [6.07, 6.45) is 3.16. The highest BCUT2D eigenvalue weighted by Gasteiger charge is 2.03. The fourth-order valence-electron chi connectivity index (χ4n) is 2.20. The minimum Gasteiger partial charge on any atom is -0.381 e. The summed E-state index contributed by atoms with van der Waals surface area (Å²) in [5.74, 6) is 0. The van der Waals surface area contributed by atoms with Crippen molar-refractivity contribution in [3.05, 3.63) is 53.6 Å². The Bertz CT molecular complexity index is 732. The number of nitrogens with one attached hydrogen (secondary N) is 1. The molecule has 108 valence electrons. The number of anilines is 1. The molecule has 0 amide bonds. The number of aryl methyl sites for hydroxylation is 1. The van der Waals surface area contributed by atoms with Gasteiger partial charge in [-0.2, -0.15) is 0 Å². The number of thioether (sulfide) groups is 1. The molecule has 1 N–H and O–H groups in total. The number of thiazole rings is 1. The van der Waals surface area contributed by atoms with E-state index in [1.165, 1.54) is 15.8 Å². The first-order valence-corrected chi connectivity index (χ1v) is 9.09. The second-order valence-electron chi connectivity index (χ2n) is 4.89. The topological polar surface area (TPSA) is 24.9 Å². The highest BCUT2D eigenvalue weighted by molar-refractivity contribution is 8.00. The molecule has 0 aliphatic rings. The van der Waals surface area contributed by atoms with Crippen molar-refractivity contribution in [1.82, 2.24) is 4.98 Å². The van der Waals surface area contributed by atoms with Gasteiger partial charge in [0, 0.05) is 12.2 Å². The fraction of sp³-hybridized carbons (Fsp3) is 0.235.